The lowest BCUT2D eigenvalue weighted by atomic mass is 9.88. The van der Waals surface area contributed by atoms with E-state index in [2.05, 4.69) is 17.1 Å². The zero-order valence-corrected chi connectivity index (χ0v) is 9.43. The fourth-order valence-electron chi connectivity index (χ4n) is 1.82. The zero-order chi connectivity index (χ0) is 11.4. The zero-order valence-electron chi connectivity index (χ0n) is 9.43. The molecule has 2 nitrogen and oxygen atoms in total. The SMILES string of the molecule is CC(N)(Cc1ccccc1)c1cccnc1. The van der Waals surface area contributed by atoms with Gasteiger partial charge in [-0.2, -0.15) is 0 Å². The molecule has 0 amide bonds. The molecule has 2 N–H and O–H groups in total. The number of pyridine rings is 1. The van der Waals surface area contributed by atoms with Crippen molar-refractivity contribution in [2.75, 3.05) is 0 Å². The summed E-state index contributed by atoms with van der Waals surface area (Å²) < 4.78 is 0. The van der Waals surface area contributed by atoms with Crippen LogP contribution >= 0.6 is 0 Å². The molecule has 0 aliphatic carbocycles. The maximum atomic E-state index is 6.33. The highest BCUT2D eigenvalue weighted by Gasteiger charge is 2.21. The first-order valence-corrected chi connectivity index (χ1v) is 5.42. The molecule has 1 aromatic heterocycles. The standard InChI is InChI=1S/C14H16N2/c1-14(15,13-8-5-9-16-11-13)10-12-6-3-2-4-7-12/h2-9,11H,10,15H2,1H3. The molecule has 0 fully saturated rings. The maximum Gasteiger partial charge on any atom is 0.0437 e. The molecule has 1 atom stereocenters. The van der Waals surface area contributed by atoms with E-state index < -0.39 is 0 Å². The first-order chi connectivity index (χ1) is 7.68. The molecular weight excluding hydrogens is 196 g/mol. The van der Waals surface area contributed by atoms with Crippen molar-refractivity contribution in [3.05, 3.63) is 66.0 Å². The van der Waals surface area contributed by atoms with Gasteiger partial charge in [0, 0.05) is 17.9 Å². The van der Waals surface area contributed by atoms with Crippen molar-refractivity contribution < 1.29 is 0 Å². The van der Waals surface area contributed by atoms with Crippen LogP contribution in [0.25, 0.3) is 0 Å². The first-order valence-electron chi connectivity index (χ1n) is 5.42. The molecule has 0 aliphatic rings. The summed E-state index contributed by atoms with van der Waals surface area (Å²) in [6.07, 6.45) is 4.42. The molecule has 0 saturated carbocycles. The molecule has 1 aromatic carbocycles. The molecule has 1 heterocycles. The highest BCUT2D eigenvalue weighted by molar-refractivity contribution is 5.25. The lowest BCUT2D eigenvalue weighted by Crippen LogP contribution is -2.35. The Morgan fingerprint density at radius 1 is 1.12 bits per heavy atom. The van der Waals surface area contributed by atoms with Gasteiger partial charge >= 0.3 is 0 Å². The number of nitrogens with two attached hydrogens (primary N) is 1. The summed E-state index contributed by atoms with van der Waals surface area (Å²) in [5.41, 5.74) is 8.28. The van der Waals surface area contributed by atoms with Gasteiger partial charge in [-0.25, -0.2) is 0 Å². The van der Waals surface area contributed by atoms with E-state index in [-0.39, 0.29) is 5.54 Å². The number of benzene rings is 1. The maximum absolute atomic E-state index is 6.33. The Balaban J connectivity index is 2.21. The normalized spacial score (nSPS) is 14.4. The fourth-order valence-corrected chi connectivity index (χ4v) is 1.82. The average molecular weight is 212 g/mol. The first kappa shape index (κ1) is 10.8. The van der Waals surface area contributed by atoms with E-state index in [0.717, 1.165) is 12.0 Å². The molecule has 82 valence electrons. The molecule has 2 rings (SSSR count). The minimum absolute atomic E-state index is 0.365. The monoisotopic (exact) mass is 212 g/mol. The third-order valence-corrected chi connectivity index (χ3v) is 2.74. The van der Waals surface area contributed by atoms with E-state index in [0.29, 0.717) is 0 Å². The largest absolute Gasteiger partial charge is 0.321 e. The topological polar surface area (TPSA) is 38.9 Å². The second-order valence-corrected chi connectivity index (χ2v) is 4.32. The molecule has 0 radical (unpaired) electrons. The molecule has 0 aliphatic heterocycles. The Labute approximate surface area is 96.1 Å². The van der Waals surface area contributed by atoms with Gasteiger partial charge < -0.3 is 5.73 Å². The highest BCUT2D eigenvalue weighted by atomic mass is 14.7. The van der Waals surface area contributed by atoms with Gasteiger partial charge in [0.25, 0.3) is 0 Å². The number of hydrogen-bond acceptors (Lipinski definition) is 2. The summed E-state index contributed by atoms with van der Waals surface area (Å²) in [4.78, 5) is 4.11. The van der Waals surface area contributed by atoms with Gasteiger partial charge in [0.15, 0.2) is 0 Å². The molecule has 16 heavy (non-hydrogen) atoms. The van der Waals surface area contributed by atoms with Gasteiger partial charge in [-0.3, -0.25) is 4.98 Å². The summed E-state index contributed by atoms with van der Waals surface area (Å²) >= 11 is 0. The summed E-state index contributed by atoms with van der Waals surface area (Å²) in [5, 5.41) is 0. The number of nitrogens with zero attached hydrogens (tertiary/aromatic N) is 1. The van der Waals surface area contributed by atoms with Gasteiger partial charge in [0.2, 0.25) is 0 Å². The van der Waals surface area contributed by atoms with Crippen molar-refractivity contribution in [3.63, 3.8) is 0 Å². The fraction of sp³-hybridized carbons (Fsp3) is 0.214. The van der Waals surface area contributed by atoms with E-state index in [4.69, 9.17) is 5.73 Å². The quantitative estimate of drug-likeness (QED) is 0.849. The predicted octanol–water partition coefficient (Wildman–Crippen LogP) is 2.50. The van der Waals surface area contributed by atoms with E-state index in [1.54, 1.807) is 6.20 Å². The molecule has 0 bridgehead atoms. The summed E-state index contributed by atoms with van der Waals surface area (Å²) in [7, 11) is 0. The minimum atomic E-state index is -0.365. The van der Waals surface area contributed by atoms with E-state index in [1.807, 2.05) is 43.5 Å². The number of aromatic nitrogens is 1. The van der Waals surface area contributed by atoms with Gasteiger partial charge in [-0.1, -0.05) is 36.4 Å². The molecule has 2 heteroatoms. The third kappa shape index (κ3) is 2.47. The average Bonchev–Trinajstić information content (AvgIpc) is 2.31. The molecule has 0 saturated heterocycles. The predicted molar refractivity (Wildman–Crippen MR) is 65.9 cm³/mol. The van der Waals surface area contributed by atoms with Crippen LogP contribution in [-0.4, -0.2) is 4.98 Å². The van der Waals surface area contributed by atoms with Gasteiger partial charge in [-0.05, 0) is 30.5 Å². The van der Waals surface area contributed by atoms with Crippen molar-refractivity contribution >= 4 is 0 Å². The Kier molecular flexibility index (Phi) is 3.02. The second-order valence-electron chi connectivity index (χ2n) is 4.32. The highest BCUT2D eigenvalue weighted by Crippen LogP contribution is 2.21. The van der Waals surface area contributed by atoms with Crippen LogP contribution in [0.1, 0.15) is 18.1 Å². The van der Waals surface area contributed by atoms with E-state index in [1.165, 1.54) is 5.56 Å². The van der Waals surface area contributed by atoms with Crippen LogP contribution in [0.2, 0.25) is 0 Å². The van der Waals surface area contributed by atoms with Crippen molar-refractivity contribution in [2.24, 2.45) is 5.73 Å². The van der Waals surface area contributed by atoms with Gasteiger partial charge in [0.1, 0.15) is 0 Å². The second kappa shape index (κ2) is 4.45. The number of rotatable bonds is 3. The van der Waals surface area contributed by atoms with Crippen LogP contribution in [0.15, 0.2) is 54.9 Å². The van der Waals surface area contributed by atoms with Crippen molar-refractivity contribution in [2.45, 2.75) is 18.9 Å². The number of hydrogen-bond donors (Lipinski definition) is 1. The summed E-state index contributed by atoms with van der Waals surface area (Å²) in [6.45, 7) is 2.04. The van der Waals surface area contributed by atoms with Crippen molar-refractivity contribution in [3.8, 4) is 0 Å². The van der Waals surface area contributed by atoms with Crippen LogP contribution in [0, 0.1) is 0 Å². The molecule has 0 spiro atoms. The van der Waals surface area contributed by atoms with Crippen LogP contribution in [0.4, 0.5) is 0 Å². The Morgan fingerprint density at radius 2 is 1.88 bits per heavy atom. The van der Waals surface area contributed by atoms with Crippen LogP contribution < -0.4 is 5.73 Å². The molecule has 2 aromatic rings. The van der Waals surface area contributed by atoms with Crippen LogP contribution in [0.5, 0.6) is 0 Å². The van der Waals surface area contributed by atoms with Crippen LogP contribution in [0.3, 0.4) is 0 Å². The Bertz CT molecular complexity index is 435. The third-order valence-electron chi connectivity index (χ3n) is 2.74. The van der Waals surface area contributed by atoms with Crippen molar-refractivity contribution in [1.82, 2.24) is 4.98 Å². The lowest BCUT2D eigenvalue weighted by molar-refractivity contribution is 0.489. The Hall–Kier alpha value is -1.67. The minimum Gasteiger partial charge on any atom is -0.321 e. The Morgan fingerprint density at radius 3 is 2.50 bits per heavy atom. The molecular formula is C14H16N2. The summed E-state index contributed by atoms with van der Waals surface area (Å²) in [6, 6.07) is 14.2. The van der Waals surface area contributed by atoms with E-state index in [9.17, 15) is 0 Å². The van der Waals surface area contributed by atoms with E-state index >= 15 is 0 Å². The summed E-state index contributed by atoms with van der Waals surface area (Å²) in [5.74, 6) is 0. The van der Waals surface area contributed by atoms with Gasteiger partial charge in [0.05, 0.1) is 0 Å². The lowest BCUT2D eigenvalue weighted by Gasteiger charge is -2.24. The van der Waals surface area contributed by atoms with Crippen molar-refractivity contribution in [1.29, 1.82) is 0 Å². The smallest absolute Gasteiger partial charge is 0.0437 e. The molecule has 1 unspecified atom stereocenters. The van der Waals surface area contributed by atoms with Crippen LogP contribution in [-0.2, 0) is 12.0 Å². The van der Waals surface area contributed by atoms with Gasteiger partial charge in [-0.15, -0.1) is 0 Å².